The van der Waals surface area contributed by atoms with Crippen LogP contribution < -0.4 is 5.32 Å². The van der Waals surface area contributed by atoms with E-state index in [-0.39, 0.29) is 0 Å². The molecule has 3 heterocycles. The Hall–Kier alpha value is -1.72. The number of aromatic nitrogens is 3. The lowest BCUT2D eigenvalue weighted by molar-refractivity contribution is 0.228. The maximum Gasteiger partial charge on any atom is 0.121 e. The fourth-order valence-electron chi connectivity index (χ4n) is 2.47. The molecular formula is C14H19N5. The third kappa shape index (κ3) is 2.83. The lowest BCUT2D eigenvalue weighted by Crippen LogP contribution is -2.43. The molecule has 100 valence electrons. The summed E-state index contributed by atoms with van der Waals surface area (Å²) in [5, 5.41) is 3.36. The standard InChI is InChI=1S/C14H19N5/c1-11-14(12-2-4-15-5-3-12)18-13(17-11)10-19-8-6-16-7-9-19/h2-5,16H,6-10H2,1H3,(H,17,18). The molecule has 3 rings (SSSR count). The second-order valence-electron chi connectivity index (χ2n) is 4.92. The first-order valence-corrected chi connectivity index (χ1v) is 6.72. The van der Waals surface area contributed by atoms with E-state index in [4.69, 9.17) is 4.98 Å². The zero-order valence-corrected chi connectivity index (χ0v) is 11.2. The topological polar surface area (TPSA) is 56.8 Å². The largest absolute Gasteiger partial charge is 0.344 e. The van der Waals surface area contributed by atoms with Gasteiger partial charge in [-0.3, -0.25) is 9.88 Å². The molecule has 0 amide bonds. The molecule has 2 aromatic rings. The van der Waals surface area contributed by atoms with Gasteiger partial charge in [-0.25, -0.2) is 4.98 Å². The van der Waals surface area contributed by atoms with Crippen LogP contribution in [0.4, 0.5) is 0 Å². The van der Waals surface area contributed by atoms with Gasteiger partial charge < -0.3 is 10.3 Å². The SMILES string of the molecule is Cc1[nH]c(CN2CCNCC2)nc1-c1ccncc1. The maximum absolute atomic E-state index is 4.73. The number of pyridine rings is 1. The number of imidazole rings is 1. The summed E-state index contributed by atoms with van der Waals surface area (Å²) in [6.45, 7) is 7.28. The number of hydrogen-bond donors (Lipinski definition) is 2. The molecule has 1 aliphatic rings. The molecule has 1 saturated heterocycles. The maximum atomic E-state index is 4.73. The van der Waals surface area contributed by atoms with E-state index in [0.29, 0.717) is 0 Å². The zero-order chi connectivity index (χ0) is 13.1. The smallest absolute Gasteiger partial charge is 0.121 e. The Labute approximate surface area is 113 Å². The van der Waals surface area contributed by atoms with Gasteiger partial charge in [0.1, 0.15) is 5.82 Å². The lowest BCUT2D eigenvalue weighted by atomic mass is 10.2. The molecule has 5 heteroatoms. The van der Waals surface area contributed by atoms with Crippen molar-refractivity contribution in [2.24, 2.45) is 0 Å². The molecule has 0 unspecified atom stereocenters. The molecule has 0 radical (unpaired) electrons. The molecule has 19 heavy (non-hydrogen) atoms. The summed E-state index contributed by atoms with van der Waals surface area (Å²) >= 11 is 0. The normalized spacial score (nSPS) is 16.7. The molecule has 2 aromatic heterocycles. The van der Waals surface area contributed by atoms with Crippen LogP contribution in [-0.2, 0) is 6.54 Å². The summed E-state index contributed by atoms with van der Waals surface area (Å²) in [6, 6.07) is 4.00. The van der Waals surface area contributed by atoms with Gasteiger partial charge in [-0.15, -0.1) is 0 Å². The van der Waals surface area contributed by atoms with Gasteiger partial charge in [0, 0.05) is 49.8 Å². The first kappa shape index (κ1) is 12.3. The third-order valence-electron chi connectivity index (χ3n) is 3.47. The fourth-order valence-corrected chi connectivity index (χ4v) is 2.47. The Bertz CT molecular complexity index is 528. The number of aromatic amines is 1. The van der Waals surface area contributed by atoms with Crippen molar-refractivity contribution in [3.05, 3.63) is 36.0 Å². The van der Waals surface area contributed by atoms with Gasteiger partial charge in [0.2, 0.25) is 0 Å². The Morgan fingerprint density at radius 2 is 1.95 bits per heavy atom. The van der Waals surface area contributed by atoms with Crippen molar-refractivity contribution in [3.8, 4) is 11.3 Å². The number of hydrogen-bond acceptors (Lipinski definition) is 4. The summed E-state index contributed by atoms with van der Waals surface area (Å²) < 4.78 is 0. The number of aryl methyl sites for hydroxylation is 1. The Morgan fingerprint density at radius 1 is 1.21 bits per heavy atom. The van der Waals surface area contributed by atoms with E-state index < -0.39 is 0 Å². The van der Waals surface area contributed by atoms with Crippen molar-refractivity contribution in [2.45, 2.75) is 13.5 Å². The van der Waals surface area contributed by atoms with Gasteiger partial charge in [-0.2, -0.15) is 0 Å². The van der Waals surface area contributed by atoms with Crippen LogP contribution in [0.2, 0.25) is 0 Å². The molecule has 0 aromatic carbocycles. The average molecular weight is 257 g/mol. The molecule has 1 aliphatic heterocycles. The van der Waals surface area contributed by atoms with E-state index in [0.717, 1.165) is 55.5 Å². The highest BCUT2D eigenvalue weighted by atomic mass is 15.2. The highest BCUT2D eigenvalue weighted by Crippen LogP contribution is 2.20. The van der Waals surface area contributed by atoms with Gasteiger partial charge in [0.25, 0.3) is 0 Å². The second-order valence-corrected chi connectivity index (χ2v) is 4.92. The van der Waals surface area contributed by atoms with Crippen LogP contribution in [0.3, 0.4) is 0 Å². The summed E-state index contributed by atoms with van der Waals surface area (Å²) in [4.78, 5) is 14.6. The van der Waals surface area contributed by atoms with Crippen LogP contribution >= 0.6 is 0 Å². The van der Waals surface area contributed by atoms with Gasteiger partial charge in [-0.05, 0) is 19.1 Å². The van der Waals surface area contributed by atoms with Gasteiger partial charge in [-0.1, -0.05) is 0 Å². The van der Waals surface area contributed by atoms with E-state index in [9.17, 15) is 0 Å². The van der Waals surface area contributed by atoms with Gasteiger partial charge in [0.15, 0.2) is 0 Å². The molecular weight excluding hydrogens is 238 g/mol. The quantitative estimate of drug-likeness (QED) is 0.867. The summed E-state index contributed by atoms with van der Waals surface area (Å²) in [6.07, 6.45) is 3.61. The summed E-state index contributed by atoms with van der Waals surface area (Å²) in [5.41, 5.74) is 3.28. The lowest BCUT2D eigenvalue weighted by Gasteiger charge is -2.26. The molecule has 0 aliphatic carbocycles. The Balaban J connectivity index is 1.77. The van der Waals surface area contributed by atoms with Crippen LogP contribution in [0.15, 0.2) is 24.5 Å². The monoisotopic (exact) mass is 257 g/mol. The predicted octanol–water partition coefficient (Wildman–Crippen LogP) is 1.19. The molecule has 0 spiro atoms. The number of H-pyrrole nitrogens is 1. The van der Waals surface area contributed by atoms with E-state index >= 15 is 0 Å². The molecule has 1 fully saturated rings. The fraction of sp³-hybridized carbons (Fsp3) is 0.429. The van der Waals surface area contributed by atoms with Crippen LogP contribution in [0.5, 0.6) is 0 Å². The highest BCUT2D eigenvalue weighted by Gasteiger charge is 2.14. The average Bonchev–Trinajstić information content (AvgIpc) is 2.82. The van der Waals surface area contributed by atoms with Crippen LogP contribution in [0.25, 0.3) is 11.3 Å². The number of nitrogens with zero attached hydrogens (tertiary/aromatic N) is 3. The van der Waals surface area contributed by atoms with Gasteiger partial charge >= 0.3 is 0 Å². The molecule has 2 N–H and O–H groups in total. The second kappa shape index (κ2) is 5.50. The van der Waals surface area contributed by atoms with Crippen LogP contribution in [0, 0.1) is 6.92 Å². The minimum Gasteiger partial charge on any atom is -0.344 e. The molecule has 0 saturated carbocycles. The van der Waals surface area contributed by atoms with Crippen LogP contribution in [0.1, 0.15) is 11.5 Å². The molecule has 0 bridgehead atoms. The summed E-state index contributed by atoms with van der Waals surface area (Å²) in [5.74, 6) is 1.05. The number of nitrogens with one attached hydrogen (secondary N) is 2. The van der Waals surface area contributed by atoms with Crippen molar-refractivity contribution in [1.82, 2.24) is 25.2 Å². The van der Waals surface area contributed by atoms with Crippen molar-refractivity contribution in [3.63, 3.8) is 0 Å². The predicted molar refractivity (Wildman–Crippen MR) is 74.7 cm³/mol. The van der Waals surface area contributed by atoms with Crippen LogP contribution in [-0.4, -0.2) is 46.0 Å². The highest BCUT2D eigenvalue weighted by molar-refractivity contribution is 5.60. The first-order chi connectivity index (χ1) is 9.33. The van der Waals surface area contributed by atoms with E-state index in [2.05, 4.69) is 27.1 Å². The minimum atomic E-state index is 0.896. The van der Waals surface area contributed by atoms with Crippen molar-refractivity contribution in [1.29, 1.82) is 0 Å². The zero-order valence-electron chi connectivity index (χ0n) is 11.2. The minimum absolute atomic E-state index is 0.896. The van der Waals surface area contributed by atoms with Crippen molar-refractivity contribution in [2.75, 3.05) is 26.2 Å². The molecule has 0 atom stereocenters. The summed E-state index contributed by atoms with van der Waals surface area (Å²) in [7, 11) is 0. The van der Waals surface area contributed by atoms with Gasteiger partial charge in [0.05, 0.1) is 12.2 Å². The number of piperazine rings is 1. The van der Waals surface area contributed by atoms with E-state index in [1.165, 1.54) is 0 Å². The van der Waals surface area contributed by atoms with E-state index in [1.807, 2.05) is 12.1 Å². The van der Waals surface area contributed by atoms with Crippen molar-refractivity contribution >= 4 is 0 Å². The Morgan fingerprint density at radius 3 is 2.68 bits per heavy atom. The number of rotatable bonds is 3. The molecule has 5 nitrogen and oxygen atoms in total. The first-order valence-electron chi connectivity index (χ1n) is 6.72. The Kier molecular flexibility index (Phi) is 3.57. The van der Waals surface area contributed by atoms with Crippen molar-refractivity contribution < 1.29 is 0 Å². The van der Waals surface area contributed by atoms with E-state index in [1.54, 1.807) is 12.4 Å². The third-order valence-corrected chi connectivity index (χ3v) is 3.47.